The van der Waals surface area contributed by atoms with Crippen LogP contribution in [0.5, 0.6) is 0 Å². The van der Waals surface area contributed by atoms with Crippen molar-refractivity contribution in [3.05, 3.63) is 20.8 Å². The van der Waals surface area contributed by atoms with E-state index in [0.29, 0.717) is 26.1 Å². The van der Waals surface area contributed by atoms with Crippen molar-refractivity contribution in [3.63, 3.8) is 0 Å². The van der Waals surface area contributed by atoms with E-state index in [-0.39, 0.29) is 12.5 Å². The van der Waals surface area contributed by atoms with E-state index in [2.05, 4.69) is 20.7 Å². The molecule has 1 aromatic heterocycles. The van der Waals surface area contributed by atoms with E-state index < -0.39 is 10.2 Å². The fourth-order valence-electron chi connectivity index (χ4n) is 2.21. The Morgan fingerprint density at radius 2 is 2.10 bits per heavy atom. The third-order valence-corrected chi connectivity index (χ3v) is 6.75. The van der Waals surface area contributed by atoms with Crippen molar-refractivity contribution in [2.75, 3.05) is 26.2 Å². The lowest BCUT2D eigenvalue weighted by atomic mass is 10.00. The number of thiophene rings is 1. The Labute approximate surface area is 132 Å². The molecule has 0 bridgehead atoms. The minimum absolute atomic E-state index is 0.147. The molecule has 0 aliphatic carbocycles. The Bertz CT molecular complexity index is 525. The average Bonchev–Trinajstić information content (AvgIpc) is 2.84. The first-order chi connectivity index (χ1) is 9.51. The van der Waals surface area contributed by atoms with E-state index in [1.54, 1.807) is 11.3 Å². The van der Waals surface area contributed by atoms with Crippen molar-refractivity contribution >= 4 is 37.5 Å². The summed E-state index contributed by atoms with van der Waals surface area (Å²) in [7, 11) is -3.38. The maximum Gasteiger partial charge on any atom is 0.279 e. The van der Waals surface area contributed by atoms with Crippen LogP contribution in [0, 0.1) is 5.92 Å². The maximum atomic E-state index is 12.1. The summed E-state index contributed by atoms with van der Waals surface area (Å²) in [5.74, 6) is 0.241. The summed E-state index contributed by atoms with van der Waals surface area (Å²) in [4.78, 5) is 1.15. The predicted octanol–water partition coefficient (Wildman–Crippen LogP) is 1.59. The summed E-state index contributed by atoms with van der Waals surface area (Å²) >= 11 is 5.01. The maximum absolute atomic E-state index is 12.1. The number of nitrogens with zero attached hydrogens (tertiary/aromatic N) is 1. The summed E-state index contributed by atoms with van der Waals surface area (Å²) in [6.07, 6.45) is 2.16. The van der Waals surface area contributed by atoms with Crippen LogP contribution in [0.4, 0.5) is 0 Å². The van der Waals surface area contributed by atoms with Crippen molar-refractivity contribution < 1.29 is 13.5 Å². The predicted molar refractivity (Wildman–Crippen MR) is 84.0 cm³/mol. The summed E-state index contributed by atoms with van der Waals surface area (Å²) in [5, 5.41) is 9.06. The quantitative estimate of drug-likeness (QED) is 0.784. The van der Waals surface area contributed by atoms with Crippen LogP contribution in [0.1, 0.15) is 17.7 Å². The number of hydrogen-bond acceptors (Lipinski definition) is 4. The third-order valence-electron chi connectivity index (χ3n) is 3.46. The van der Waals surface area contributed by atoms with Gasteiger partial charge in [0, 0.05) is 31.1 Å². The molecule has 20 heavy (non-hydrogen) atoms. The number of nitrogens with one attached hydrogen (secondary N) is 1. The first-order valence-corrected chi connectivity index (χ1v) is 9.66. The number of piperidine rings is 1. The summed E-state index contributed by atoms with van der Waals surface area (Å²) in [5.41, 5.74) is 0. The van der Waals surface area contributed by atoms with E-state index in [0.717, 1.165) is 21.5 Å². The molecule has 5 nitrogen and oxygen atoms in total. The fraction of sp³-hybridized carbons (Fsp3) is 0.667. The second-order valence-corrected chi connectivity index (χ2v) is 9.18. The van der Waals surface area contributed by atoms with Crippen LogP contribution in [-0.2, 0) is 16.6 Å². The van der Waals surface area contributed by atoms with Gasteiger partial charge in [-0.3, -0.25) is 0 Å². The SMILES string of the molecule is O=S(=O)(NCCc1ccc(Br)s1)N1CCC(CO)CC1. The Hall–Kier alpha value is 0.01000. The molecule has 1 aliphatic rings. The molecule has 2 heterocycles. The molecule has 1 saturated heterocycles. The normalized spacial score (nSPS) is 18.5. The van der Waals surface area contributed by atoms with Gasteiger partial charge in [-0.1, -0.05) is 0 Å². The smallest absolute Gasteiger partial charge is 0.279 e. The van der Waals surface area contributed by atoms with Gasteiger partial charge in [0.05, 0.1) is 3.79 Å². The number of rotatable bonds is 6. The number of aliphatic hydroxyl groups is 1. The van der Waals surface area contributed by atoms with Crippen LogP contribution < -0.4 is 4.72 Å². The number of hydrogen-bond donors (Lipinski definition) is 2. The van der Waals surface area contributed by atoms with Gasteiger partial charge in [0.2, 0.25) is 0 Å². The monoisotopic (exact) mass is 382 g/mol. The Morgan fingerprint density at radius 1 is 1.40 bits per heavy atom. The number of aliphatic hydroxyl groups excluding tert-OH is 1. The minimum atomic E-state index is -3.38. The van der Waals surface area contributed by atoms with Gasteiger partial charge in [-0.15, -0.1) is 11.3 Å². The largest absolute Gasteiger partial charge is 0.396 e. The van der Waals surface area contributed by atoms with Crippen molar-refractivity contribution in [1.82, 2.24) is 9.03 Å². The second kappa shape index (κ2) is 7.33. The van der Waals surface area contributed by atoms with E-state index in [4.69, 9.17) is 5.11 Å². The first kappa shape index (κ1) is 16.4. The lowest BCUT2D eigenvalue weighted by Crippen LogP contribution is -2.45. The standard InChI is InChI=1S/C12H19BrN2O3S2/c13-12-2-1-11(19-12)3-6-14-20(17,18)15-7-4-10(9-16)5-8-15/h1-2,10,14,16H,3-9H2. The molecule has 8 heteroatoms. The molecular formula is C12H19BrN2O3S2. The van der Waals surface area contributed by atoms with Gasteiger partial charge in [-0.05, 0) is 53.2 Å². The Balaban J connectivity index is 1.79. The van der Waals surface area contributed by atoms with E-state index in [1.807, 2.05) is 12.1 Å². The molecule has 0 radical (unpaired) electrons. The van der Waals surface area contributed by atoms with Gasteiger partial charge >= 0.3 is 0 Å². The lowest BCUT2D eigenvalue weighted by Gasteiger charge is -2.30. The van der Waals surface area contributed by atoms with Crippen LogP contribution in [0.3, 0.4) is 0 Å². The highest BCUT2D eigenvalue weighted by Gasteiger charge is 2.27. The van der Waals surface area contributed by atoms with Crippen LogP contribution in [0.25, 0.3) is 0 Å². The second-order valence-electron chi connectivity index (χ2n) is 4.88. The zero-order valence-corrected chi connectivity index (χ0v) is 14.3. The Kier molecular flexibility index (Phi) is 6.00. The molecule has 1 aromatic rings. The average molecular weight is 383 g/mol. The summed E-state index contributed by atoms with van der Waals surface area (Å²) in [6, 6.07) is 3.96. The van der Waals surface area contributed by atoms with Crippen molar-refractivity contribution in [3.8, 4) is 0 Å². The molecule has 1 aliphatic heterocycles. The van der Waals surface area contributed by atoms with Crippen LogP contribution in [0.15, 0.2) is 15.9 Å². The van der Waals surface area contributed by atoms with E-state index >= 15 is 0 Å². The van der Waals surface area contributed by atoms with Crippen LogP contribution >= 0.6 is 27.3 Å². The van der Waals surface area contributed by atoms with Gasteiger partial charge < -0.3 is 5.11 Å². The number of halogens is 1. The highest BCUT2D eigenvalue weighted by atomic mass is 79.9. The molecule has 0 atom stereocenters. The van der Waals surface area contributed by atoms with Crippen molar-refractivity contribution in [2.24, 2.45) is 5.92 Å². The fourth-order valence-corrected chi connectivity index (χ4v) is 4.93. The van der Waals surface area contributed by atoms with Gasteiger partial charge in [-0.25, -0.2) is 4.72 Å². The topological polar surface area (TPSA) is 69.6 Å². The zero-order valence-electron chi connectivity index (χ0n) is 11.1. The van der Waals surface area contributed by atoms with Crippen molar-refractivity contribution in [2.45, 2.75) is 19.3 Å². The molecule has 0 unspecified atom stereocenters. The summed E-state index contributed by atoms with van der Waals surface area (Å²) < 4.78 is 29.4. The lowest BCUT2D eigenvalue weighted by molar-refractivity contribution is 0.169. The zero-order chi connectivity index (χ0) is 14.6. The molecular weight excluding hydrogens is 364 g/mol. The van der Waals surface area contributed by atoms with Crippen LogP contribution in [0.2, 0.25) is 0 Å². The molecule has 0 amide bonds. The van der Waals surface area contributed by atoms with Gasteiger partial charge in [-0.2, -0.15) is 12.7 Å². The molecule has 0 spiro atoms. The molecule has 0 aromatic carbocycles. The molecule has 114 valence electrons. The molecule has 2 rings (SSSR count). The molecule has 1 fully saturated rings. The molecule has 0 saturated carbocycles. The van der Waals surface area contributed by atoms with Gasteiger partial charge in [0.25, 0.3) is 10.2 Å². The van der Waals surface area contributed by atoms with E-state index in [1.165, 1.54) is 4.31 Å². The first-order valence-electron chi connectivity index (χ1n) is 6.61. The highest BCUT2D eigenvalue weighted by molar-refractivity contribution is 9.11. The minimum Gasteiger partial charge on any atom is -0.396 e. The third kappa shape index (κ3) is 4.51. The summed E-state index contributed by atoms with van der Waals surface area (Å²) in [6.45, 7) is 1.54. The van der Waals surface area contributed by atoms with Crippen LogP contribution in [-0.4, -0.2) is 44.1 Å². The van der Waals surface area contributed by atoms with Gasteiger partial charge in [0.1, 0.15) is 0 Å². The van der Waals surface area contributed by atoms with Crippen molar-refractivity contribution in [1.29, 1.82) is 0 Å². The highest BCUT2D eigenvalue weighted by Crippen LogP contribution is 2.22. The van der Waals surface area contributed by atoms with Gasteiger partial charge in [0.15, 0.2) is 0 Å². The van der Waals surface area contributed by atoms with E-state index in [9.17, 15) is 8.42 Å². The molecule has 2 N–H and O–H groups in total. The Morgan fingerprint density at radius 3 is 2.65 bits per heavy atom.